The van der Waals surface area contributed by atoms with Crippen LogP contribution in [0.5, 0.6) is 0 Å². The first kappa shape index (κ1) is 6.53. The Morgan fingerprint density at radius 2 is 2.56 bits per heavy atom. The highest BCUT2D eigenvalue weighted by molar-refractivity contribution is 14.1. The molecule has 0 bridgehead atoms. The van der Waals surface area contributed by atoms with Gasteiger partial charge in [0.05, 0.1) is 9.77 Å². The minimum Gasteiger partial charge on any atom is -0.350 e. The second kappa shape index (κ2) is 2.34. The summed E-state index contributed by atoms with van der Waals surface area (Å²) in [5.41, 5.74) is 4.89. The molecule has 0 aromatic carbocycles. The third-order valence-electron chi connectivity index (χ3n) is 0.777. The largest absolute Gasteiger partial charge is 0.350 e. The number of aromatic nitrogens is 2. The van der Waals surface area contributed by atoms with Gasteiger partial charge in [-0.25, -0.2) is 4.79 Å². The third kappa shape index (κ3) is 1.41. The molecule has 0 aliphatic rings. The molecule has 0 radical (unpaired) electrons. The minimum absolute atomic E-state index is 0.557. The Hall–Kier alpha value is -0.590. The summed E-state index contributed by atoms with van der Waals surface area (Å²) in [5.74, 6) is 0. The average Bonchev–Trinajstić information content (AvgIpc) is 2.14. The van der Waals surface area contributed by atoms with Crippen LogP contribution >= 0.6 is 22.6 Å². The molecule has 0 fully saturated rings. The number of nitrogens with two attached hydrogens (primary N) is 1. The second-order valence-corrected chi connectivity index (χ2v) is 2.69. The van der Waals surface area contributed by atoms with Crippen molar-refractivity contribution in [3.63, 3.8) is 0 Å². The molecule has 1 heterocycles. The van der Waals surface area contributed by atoms with Gasteiger partial charge in [-0.2, -0.15) is 9.78 Å². The van der Waals surface area contributed by atoms with Crippen LogP contribution in [0.15, 0.2) is 12.4 Å². The summed E-state index contributed by atoms with van der Waals surface area (Å²) in [6.45, 7) is 0. The molecule has 0 saturated heterocycles. The summed E-state index contributed by atoms with van der Waals surface area (Å²) in [6.07, 6.45) is 3.12. The van der Waals surface area contributed by atoms with Crippen molar-refractivity contribution in [3.05, 3.63) is 16.0 Å². The fourth-order valence-electron chi connectivity index (χ4n) is 0.421. The van der Waals surface area contributed by atoms with E-state index in [4.69, 9.17) is 5.73 Å². The second-order valence-electron chi connectivity index (χ2n) is 1.44. The highest BCUT2D eigenvalue weighted by atomic mass is 127. The van der Waals surface area contributed by atoms with Crippen LogP contribution in [0.2, 0.25) is 0 Å². The van der Waals surface area contributed by atoms with E-state index in [9.17, 15) is 4.79 Å². The van der Waals surface area contributed by atoms with Gasteiger partial charge < -0.3 is 5.73 Å². The lowest BCUT2D eigenvalue weighted by molar-refractivity contribution is 0.247. The maximum absolute atomic E-state index is 10.3. The van der Waals surface area contributed by atoms with Crippen LogP contribution in [-0.2, 0) is 0 Å². The van der Waals surface area contributed by atoms with E-state index in [-0.39, 0.29) is 0 Å². The zero-order valence-electron chi connectivity index (χ0n) is 4.41. The van der Waals surface area contributed by atoms with Gasteiger partial charge in [0, 0.05) is 6.20 Å². The molecule has 1 amide bonds. The van der Waals surface area contributed by atoms with Crippen LogP contribution in [0.1, 0.15) is 0 Å². The Balaban J connectivity index is 2.98. The summed E-state index contributed by atoms with van der Waals surface area (Å²) in [7, 11) is 0. The molecular weight excluding hydrogens is 233 g/mol. The van der Waals surface area contributed by atoms with Gasteiger partial charge in [0.2, 0.25) is 0 Å². The predicted octanol–water partition coefficient (Wildman–Crippen LogP) is 0.415. The van der Waals surface area contributed by atoms with Crippen molar-refractivity contribution in [3.8, 4) is 0 Å². The van der Waals surface area contributed by atoms with Crippen molar-refractivity contribution >= 4 is 28.6 Å². The number of amides is 1. The van der Waals surface area contributed by atoms with Crippen molar-refractivity contribution in [2.75, 3.05) is 0 Å². The fraction of sp³-hybridized carbons (Fsp3) is 0. The number of rotatable bonds is 0. The molecule has 0 atom stereocenters. The molecule has 5 heteroatoms. The van der Waals surface area contributed by atoms with E-state index in [0.717, 1.165) is 8.25 Å². The Kier molecular flexibility index (Phi) is 1.70. The third-order valence-corrected chi connectivity index (χ3v) is 1.33. The zero-order chi connectivity index (χ0) is 6.85. The van der Waals surface area contributed by atoms with Gasteiger partial charge in [-0.1, -0.05) is 0 Å². The molecule has 0 saturated carbocycles. The maximum atomic E-state index is 10.3. The fourth-order valence-corrected chi connectivity index (χ4v) is 0.810. The summed E-state index contributed by atoms with van der Waals surface area (Å²) in [6, 6.07) is -0.557. The lowest BCUT2D eigenvalue weighted by Crippen LogP contribution is -2.19. The standard InChI is InChI=1S/C4H4IN3O/c5-3-1-7-8(2-3)4(6)9/h1-2H,(H2,6,9). The highest BCUT2D eigenvalue weighted by Crippen LogP contribution is 1.99. The molecule has 0 unspecified atom stereocenters. The molecule has 1 aromatic rings. The molecule has 48 valence electrons. The van der Waals surface area contributed by atoms with Crippen LogP contribution in [0.25, 0.3) is 0 Å². The van der Waals surface area contributed by atoms with Crippen LogP contribution in [0, 0.1) is 3.57 Å². The number of carbonyl (C=O) groups excluding carboxylic acids is 1. The molecule has 2 N–H and O–H groups in total. The number of hydrogen-bond acceptors (Lipinski definition) is 2. The normalized spacial score (nSPS) is 9.44. The van der Waals surface area contributed by atoms with Crippen molar-refractivity contribution in [1.29, 1.82) is 0 Å². The SMILES string of the molecule is NC(=O)n1cc(I)cn1. The Labute approximate surface area is 65.2 Å². The van der Waals surface area contributed by atoms with Crippen LogP contribution in [0.3, 0.4) is 0 Å². The smallest absolute Gasteiger partial charge is 0.339 e. The Morgan fingerprint density at radius 1 is 1.89 bits per heavy atom. The van der Waals surface area contributed by atoms with Crippen LogP contribution < -0.4 is 5.73 Å². The number of halogens is 1. The van der Waals surface area contributed by atoms with E-state index in [1.165, 1.54) is 0 Å². The van der Waals surface area contributed by atoms with E-state index in [1.807, 2.05) is 22.6 Å². The van der Waals surface area contributed by atoms with Crippen LogP contribution in [-0.4, -0.2) is 15.8 Å². The first-order valence-electron chi connectivity index (χ1n) is 2.20. The summed E-state index contributed by atoms with van der Waals surface area (Å²) < 4.78 is 1.98. The van der Waals surface area contributed by atoms with Gasteiger partial charge in [0.25, 0.3) is 0 Å². The lowest BCUT2D eigenvalue weighted by Gasteiger charge is -1.87. The van der Waals surface area contributed by atoms with Gasteiger partial charge in [0.15, 0.2) is 0 Å². The average molecular weight is 237 g/mol. The van der Waals surface area contributed by atoms with Crippen molar-refractivity contribution in [1.82, 2.24) is 9.78 Å². The molecule has 9 heavy (non-hydrogen) atoms. The van der Waals surface area contributed by atoms with E-state index in [2.05, 4.69) is 5.10 Å². The number of nitrogens with zero attached hydrogens (tertiary/aromatic N) is 2. The monoisotopic (exact) mass is 237 g/mol. The predicted molar refractivity (Wildman–Crippen MR) is 39.9 cm³/mol. The van der Waals surface area contributed by atoms with Gasteiger partial charge in [-0.05, 0) is 22.6 Å². The summed E-state index contributed by atoms with van der Waals surface area (Å²) in [4.78, 5) is 10.3. The first-order valence-corrected chi connectivity index (χ1v) is 3.28. The first-order chi connectivity index (χ1) is 4.20. The lowest BCUT2D eigenvalue weighted by atomic mass is 10.7. The van der Waals surface area contributed by atoms with Gasteiger partial charge in [0.1, 0.15) is 0 Å². The summed E-state index contributed by atoms with van der Waals surface area (Å²) in [5, 5.41) is 3.65. The highest BCUT2D eigenvalue weighted by Gasteiger charge is 1.97. The minimum atomic E-state index is -0.557. The van der Waals surface area contributed by atoms with Gasteiger partial charge in [-0.15, -0.1) is 0 Å². The molecular formula is C4H4IN3O. The van der Waals surface area contributed by atoms with Crippen molar-refractivity contribution in [2.45, 2.75) is 0 Å². The quantitative estimate of drug-likeness (QED) is 0.664. The molecule has 0 aliphatic carbocycles. The zero-order valence-corrected chi connectivity index (χ0v) is 6.57. The topological polar surface area (TPSA) is 60.9 Å². The Bertz CT molecular complexity index is 231. The molecule has 0 spiro atoms. The Morgan fingerprint density at radius 3 is 2.78 bits per heavy atom. The number of hydrogen-bond donors (Lipinski definition) is 1. The van der Waals surface area contributed by atoms with E-state index in [1.54, 1.807) is 12.4 Å². The number of primary amides is 1. The summed E-state index contributed by atoms with van der Waals surface area (Å²) >= 11 is 2.04. The number of carbonyl (C=O) groups is 1. The van der Waals surface area contributed by atoms with Gasteiger partial charge >= 0.3 is 6.03 Å². The van der Waals surface area contributed by atoms with Crippen molar-refractivity contribution < 1.29 is 4.79 Å². The van der Waals surface area contributed by atoms with Gasteiger partial charge in [-0.3, -0.25) is 0 Å². The van der Waals surface area contributed by atoms with E-state index in [0.29, 0.717) is 0 Å². The van der Waals surface area contributed by atoms with E-state index >= 15 is 0 Å². The van der Waals surface area contributed by atoms with E-state index < -0.39 is 6.03 Å². The molecule has 4 nitrogen and oxygen atoms in total. The molecule has 1 rings (SSSR count). The molecule has 0 aliphatic heterocycles. The van der Waals surface area contributed by atoms with Crippen molar-refractivity contribution in [2.24, 2.45) is 5.73 Å². The molecule has 1 aromatic heterocycles. The van der Waals surface area contributed by atoms with Crippen LogP contribution in [0.4, 0.5) is 4.79 Å². The maximum Gasteiger partial charge on any atom is 0.339 e.